The molecule has 2 aromatic rings. The second kappa shape index (κ2) is 6.99. The van der Waals surface area contributed by atoms with Crippen molar-refractivity contribution in [2.24, 2.45) is 0 Å². The first-order valence-corrected chi connectivity index (χ1v) is 8.43. The van der Waals surface area contributed by atoms with E-state index in [0.717, 1.165) is 32.6 Å². The third kappa shape index (κ3) is 3.46. The zero-order valence-corrected chi connectivity index (χ0v) is 13.7. The van der Waals surface area contributed by atoms with Gasteiger partial charge in [0.2, 0.25) is 5.95 Å². The summed E-state index contributed by atoms with van der Waals surface area (Å²) in [6.45, 7) is 3.22. The van der Waals surface area contributed by atoms with Gasteiger partial charge in [-0.1, -0.05) is 18.2 Å². The van der Waals surface area contributed by atoms with Gasteiger partial charge in [0.15, 0.2) is 5.82 Å². The van der Waals surface area contributed by atoms with Gasteiger partial charge in [0, 0.05) is 31.7 Å². The first kappa shape index (κ1) is 16.3. The van der Waals surface area contributed by atoms with Gasteiger partial charge in [-0.2, -0.15) is 0 Å². The highest BCUT2D eigenvalue weighted by Crippen LogP contribution is 2.26. The lowest BCUT2D eigenvalue weighted by Gasteiger charge is -2.37. The summed E-state index contributed by atoms with van der Waals surface area (Å²) >= 11 is 0. The van der Waals surface area contributed by atoms with Crippen LogP contribution in [0, 0.1) is 11.6 Å². The van der Waals surface area contributed by atoms with Gasteiger partial charge in [-0.3, -0.25) is 4.90 Å². The smallest absolute Gasteiger partial charge is 0.225 e. The van der Waals surface area contributed by atoms with Crippen molar-refractivity contribution in [2.75, 3.05) is 31.1 Å². The Morgan fingerprint density at radius 1 is 0.960 bits per heavy atom. The number of rotatable bonds is 3. The van der Waals surface area contributed by atoms with Crippen LogP contribution in [0.15, 0.2) is 36.7 Å². The summed E-state index contributed by atoms with van der Waals surface area (Å²) in [5.74, 6) is -0.0497. The number of hydrazine groups is 1. The number of nitrogens with one attached hydrogen (secondary N) is 2. The van der Waals surface area contributed by atoms with Gasteiger partial charge in [0.05, 0.1) is 24.6 Å². The zero-order valence-electron chi connectivity index (χ0n) is 13.7. The largest absolute Gasteiger partial charge is 0.338 e. The maximum atomic E-state index is 13.9. The van der Waals surface area contributed by atoms with Crippen LogP contribution in [0.25, 0.3) is 0 Å². The minimum Gasteiger partial charge on any atom is -0.338 e. The topological polar surface area (TPSA) is 56.3 Å². The standard InChI is InChI=1S/C17H20F2N6/c18-12-10-20-17(21-11-12)25-7-5-24(6-8-25)16-9-15(22-23-16)13-3-1-2-4-14(13)19/h1-4,10-11,15-16,22-23H,5-9H2. The van der Waals surface area contributed by atoms with Gasteiger partial charge in [0.1, 0.15) is 5.82 Å². The Bertz CT molecular complexity index is 717. The number of hydrogen-bond donors (Lipinski definition) is 2. The molecule has 2 aliphatic heterocycles. The number of hydrogen-bond acceptors (Lipinski definition) is 6. The van der Waals surface area contributed by atoms with Gasteiger partial charge >= 0.3 is 0 Å². The molecule has 2 atom stereocenters. The van der Waals surface area contributed by atoms with E-state index in [0.29, 0.717) is 11.5 Å². The van der Waals surface area contributed by atoms with Crippen molar-refractivity contribution >= 4 is 5.95 Å². The lowest BCUT2D eigenvalue weighted by Crippen LogP contribution is -2.54. The van der Waals surface area contributed by atoms with Crippen molar-refractivity contribution in [3.63, 3.8) is 0 Å². The molecule has 2 aliphatic rings. The Balaban J connectivity index is 1.34. The highest BCUT2D eigenvalue weighted by molar-refractivity contribution is 5.29. The molecule has 0 radical (unpaired) electrons. The van der Waals surface area contributed by atoms with Crippen molar-refractivity contribution < 1.29 is 8.78 Å². The number of piperazine rings is 1. The van der Waals surface area contributed by atoms with Gasteiger partial charge in [0.25, 0.3) is 0 Å². The number of aromatic nitrogens is 2. The number of nitrogens with zero attached hydrogens (tertiary/aromatic N) is 4. The van der Waals surface area contributed by atoms with Crippen LogP contribution >= 0.6 is 0 Å². The fourth-order valence-corrected chi connectivity index (χ4v) is 3.44. The van der Waals surface area contributed by atoms with Crippen LogP contribution < -0.4 is 15.8 Å². The SMILES string of the molecule is Fc1cnc(N2CCN(C3CC(c4ccccc4F)NN3)CC2)nc1. The fraction of sp³-hybridized carbons (Fsp3) is 0.412. The maximum absolute atomic E-state index is 13.9. The third-order valence-corrected chi connectivity index (χ3v) is 4.81. The molecule has 2 fully saturated rings. The minimum atomic E-state index is -0.428. The highest BCUT2D eigenvalue weighted by atomic mass is 19.1. The Kier molecular flexibility index (Phi) is 4.56. The summed E-state index contributed by atoms with van der Waals surface area (Å²) < 4.78 is 26.9. The summed E-state index contributed by atoms with van der Waals surface area (Å²) in [7, 11) is 0. The first-order valence-electron chi connectivity index (χ1n) is 8.43. The lowest BCUT2D eigenvalue weighted by molar-refractivity contribution is 0.165. The van der Waals surface area contributed by atoms with Crippen molar-refractivity contribution in [2.45, 2.75) is 18.6 Å². The normalized spacial score (nSPS) is 24.6. The van der Waals surface area contributed by atoms with E-state index < -0.39 is 5.82 Å². The summed E-state index contributed by atoms with van der Waals surface area (Å²) in [5, 5.41) is 0. The van der Waals surface area contributed by atoms with Crippen LogP contribution in [0.5, 0.6) is 0 Å². The zero-order chi connectivity index (χ0) is 17.2. The molecule has 6 nitrogen and oxygen atoms in total. The second-order valence-electron chi connectivity index (χ2n) is 6.34. The third-order valence-electron chi connectivity index (χ3n) is 4.81. The molecule has 2 N–H and O–H groups in total. The number of anilines is 1. The predicted molar refractivity (Wildman–Crippen MR) is 89.6 cm³/mol. The Morgan fingerprint density at radius 3 is 2.40 bits per heavy atom. The molecule has 3 heterocycles. The lowest BCUT2D eigenvalue weighted by atomic mass is 10.0. The molecule has 0 amide bonds. The van der Waals surface area contributed by atoms with E-state index in [1.165, 1.54) is 18.5 Å². The molecule has 0 aliphatic carbocycles. The molecule has 4 rings (SSSR count). The van der Waals surface area contributed by atoms with Crippen LogP contribution in [0.1, 0.15) is 18.0 Å². The molecule has 2 unspecified atom stereocenters. The second-order valence-corrected chi connectivity index (χ2v) is 6.34. The molecule has 0 bridgehead atoms. The van der Waals surface area contributed by atoms with Gasteiger partial charge in [-0.05, 0) is 12.5 Å². The Morgan fingerprint density at radius 2 is 1.68 bits per heavy atom. The van der Waals surface area contributed by atoms with E-state index in [4.69, 9.17) is 0 Å². The van der Waals surface area contributed by atoms with E-state index in [9.17, 15) is 8.78 Å². The van der Waals surface area contributed by atoms with Crippen LogP contribution in [0.4, 0.5) is 14.7 Å². The minimum absolute atomic E-state index is 0.0374. The maximum Gasteiger partial charge on any atom is 0.225 e. The molecule has 1 aromatic heterocycles. The first-order chi connectivity index (χ1) is 12.2. The van der Waals surface area contributed by atoms with Crippen LogP contribution in [-0.2, 0) is 0 Å². The van der Waals surface area contributed by atoms with Crippen molar-refractivity contribution in [1.29, 1.82) is 0 Å². The molecule has 2 saturated heterocycles. The van der Waals surface area contributed by atoms with Gasteiger partial charge < -0.3 is 4.90 Å². The van der Waals surface area contributed by atoms with Gasteiger partial charge in [-0.25, -0.2) is 29.6 Å². The van der Waals surface area contributed by atoms with E-state index in [1.807, 2.05) is 17.0 Å². The quantitative estimate of drug-likeness (QED) is 0.877. The van der Waals surface area contributed by atoms with Crippen LogP contribution in [0.2, 0.25) is 0 Å². The molecular formula is C17H20F2N6. The molecular weight excluding hydrogens is 326 g/mol. The Hall–Kier alpha value is -2.16. The number of benzene rings is 1. The van der Waals surface area contributed by atoms with E-state index in [2.05, 4.69) is 25.7 Å². The van der Waals surface area contributed by atoms with Crippen molar-refractivity contribution in [3.05, 3.63) is 53.9 Å². The molecule has 1 aromatic carbocycles. The van der Waals surface area contributed by atoms with Gasteiger partial charge in [-0.15, -0.1) is 0 Å². The molecule has 0 spiro atoms. The van der Waals surface area contributed by atoms with E-state index in [-0.39, 0.29) is 18.0 Å². The van der Waals surface area contributed by atoms with Crippen LogP contribution in [-0.4, -0.2) is 47.2 Å². The fourth-order valence-electron chi connectivity index (χ4n) is 3.44. The number of halogens is 2. The summed E-state index contributed by atoms with van der Waals surface area (Å²) in [4.78, 5) is 12.5. The highest BCUT2D eigenvalue weighted by Gasteiger charge is 2.32. The molecule has 132 valence electrons. The van der Waals surface area contributed by atoms with E-state index >= 15 is 0 Å². The van der Waals surface area contributed by atoms with Crippen molar-refractivity contribution in [3.8, 4) is 0 Å². The predicted octanol–water partition coefficient (Wildman–Crippen LogP) is 1.44. The van der Waals surface area contributed by atoms with E-state index in [1.54, 1.807) is 6.07 Å². The van der Waals surface area contributed by atoms with Crippen molar-refractivity contribution in [1.82, 2.24) is 25.7 Å². The monoisotopic (exact) mass is 346 g/mol. The summed E-state index contributed by atoms with van der Waals surface area (Å²) in [5.41, 5.74) is 7.16. The average Bonchev–Trinajstić information content (AvgIpc) is 3.13. The molecule has 0 saturated carbocycles. The molecule has 25 heavy (non-hydrogen) atoms. The molecule has 8 heteroatoms. The summed E-state index contributed by atoms with van der Waals surface area (Å²) in [6.07, 6.45) is 3.33. The summed E-state index contributed by atoms with van der Waals surface area (Å²) in [6, 6.07) is 6.83. The van der Waals surface area contributed by atoms with Crippen LogP contribution in [0.3, 0.4) is 0 Å². The Labute approximate surface area is 144 Å². The average molecular weight is 346 g/mol.